The number of carbonyl (C=O) groups is 1. The summed E-state index contributed by atoms with van der Waals surface area (Å²) in [4.78, 5) is 42.4. The van der Waals surface area contributed by atoms with Gasteiger partial charge in [-0.2, -0.15) is 0 Å². The molecule has 0 aliphatic rings. The van der Waals surface area contributed by atoms with Crippen LogP contribution in [0.15, 0.2) is 58.2 Å². The molecule has 4 aromatic rings. The average molecular weight is 457 g/mol. The summed E-state index contributed by atoms with van der Waals surface area (Å²) in [5.41, 5.74) is 0.747. The van der Waals surface area contributed by atoms with E-state index >= 15 is 0 Å². The average Bonchev–Trinajstić information content (AvgIpc) is 3.26. The third-order valence-corrected chi connectivity index (χ3v) is 6.16. The molecule has 4 rings (SSSR count). The van der Waals surface area contributed by atoms with Crippen LogP contribution in [0, 0.1) is 5.82 Å². The third-order valence-electron chi connectivity index (χ3n) is 4.39. The number of hydrogen-bond donors (Lipinski definition) is 1. The van der Waals surface area contributed by atoms with Crippen LogP contribution in [-0.4, -0.2) is 35.7 Å². The van der Waals surface area contributed by atoms with Gasteiger partial charge in [-0.05, 0) is 31.0 Å². The number of thioether (sulfide) groups is 1. The van der Waals surface area contributed by atoms with Crippen molar-refractivity contribution in [2.45, 2.75) is 30.3 Å². The Balaban J connectivity index is 1.63. The monoisotopic (exact) mass is 456 g/mol. The number of fused-ring (bicyclic) bond motifs is 1. The number of benzene rings is 1. The summed E-state index contributed by atoms with van der Waals surface area (Å²) in [5.74, 6) is -0.598. The lowest BCUT2D eigenvalue weighted by molar-refractivity contribution is -0.115. The predicted octanol–water partition coefficient (Wildman–Crippen LogP) is 3.14. The number of halogens is 1. The Morgan fingerprint density at radius 3 is 2.87 bits per heavy atom. The molecule has 158 valence electrons. The fourth-order valence-electron chi connectivity index (χ4n) is 2.85. The molecule has 0 fully saturated rings. The first kappa shape index (κ1) is 21.1. The molecule has 8 nitrogen and oxygen atoms in total. The lowest BCUT2D eigenvalue weighted by Gasteiger charge is -2.15. The van der Waals surface area contributed by atoms with Crippen LogP contribution in [0.5, 0.6) is 0 Å². The van der Waals surface area contributed by atoms with Crippen molar-refractivity contribution in [3.05, 3.63) is 70.0 Å². The molecule has 31 heavy (non-hydrogen) atoms. The number of thiazole rings is 1. The van der Waals surface area contributed by atoms with E-state index in [1.807, 2.05) is 0 Å². The second kappa shape index (κ2) is 9.31. The van der Waals surface area contributed by atoms with Gasteiger partial charge in [0.25, 0.3) is 5.56 Å². The van der Waals surface area contributed by atoms with Crippen molar-refractivity contribution in [1.82, 2.24) is 24.5 Å². The van der Waals surface area contributed by atoms with Gasteiger partial charge < -0.3 is 5.32 Å². The molecule has 0 bridgehead atoms. The van der Waals surface area contributed by atoms with E-state index in [0.717, 1.165) is 17.3 Å². The second-order valence-electron chi connectivity index (χ2n) is 6.55. The molecule has 3 heterocycles. The summed E-state index contributed by atoms with van der Waals surface area (Å²) in [7, 11) is 0. The first-order chi connectivity index (χ1) is 15.0. The van der Waals surface area contributed by atoms with Gasteiger partial charge in [0.2, 0.25) is 5.91 Å². The Bertz CT molecular complexity index is 1280. The summed E-state index contributed by atoms with van der Waals surface area (Å²) >= 11 is 2.46. The van der Waals surface area contributed by atoms with E-state index in [0.29, 0.717) is 16.7 Å². The first-order valence-corrected chi connectivity index (χ1v) is 11.1. The van der Waals surface area contributed by atoms with E-state index in [1.54, 1.807) is 30.6 Å². The van der Waals surface area contributed by atoms with Crippen LogP contribution in [0.3, 0.4) is 0 Å². The van der Waals surface area contributed by atoms with Gasteiger partial charge in [0, 0.05) is 30.5 Å². The van der Waals surface area contributed by atoms with Crippen LogP contribution < -0.4 is 10.9 Å². The molecule has 1 aromatic carbocycles. The Morgan fingerprint density at radius 1 is 1.26 bits per heavy atom. The van der Waals surface area contributed by atoms with Gasteiger partial charge in [0.15, 0.2) is 21.5 Å². The van der Waals surface area contributed by atoms with Gasteiger partial charge in [0.05, 0.1) is 5.25 Å². The number of aryl methyl sites for hydroxylation is 1. The van der Waals surface area contributed by atoms with E-state index < -0.39 is 5.25 Å². The summed E-state index contributed by atoms with van der Waals surface area (Å²) < 4.78 is 15.0. The van der Waals surface area contributed by atoms with Gasteiger partial charge in [-0.3, -0.25) is 14.2 Å². The largest absolute Gasteiger partial charge is 0.301 e. The Hall–Kier alpha value is -3.18. The van der Waals surface area contributed by atoms with Crippen LogP contribution in [0.2, 0.25) is 0 Å². The van der Waals surface area contributed by atoms with Crippen LogP contribution in [0.1, 0.15) is 12.5 Å². The highest BCUT2D eigenvalue weighted by Crippen LogP contribution is 2.23. The van der Waals surface area contributed by atoms with Crippen molar-refractivity contribution in [3.63, 3.8) is 0 Å². The molecule has 0 saturated carbocycles. The van der Waals surface area contributed by atoms with Crippen LogP contribution in [-0.2, 0) is 17.8 Å². The maximum atomic E-state index is 13.5. The van der Waals surface area contributed by atoms with Gasteiger partial charge >= 0.3 is 0 Å². The predicted molar refractivity (Wildman–Crippen MR) is 118 cm³/mol. The minimum atomic E-state index is -0.551. The normalized spacial score (nSPS) is 12.1. The number of carbonyl (C=O) groups excluding carboxylic acids is 1. The molecule has 0 spiro atoms. The number of aromatic nitrogens is 5. The topological polar surface area (TPSA) is 103 Å². The highest BCUT2D eigenvalue weighted by molar-refractivity contribution is 8.00. The molecule has 0 saturated heterocycles. The molecule has 0 radical (unpaired) electrons. The van der Waals surface area contributed by atoms with E-state index in [9.17, 15) is 14.0 Å². The van der Waals surface area contributed by atoms with Crippen molar-refractivity contribution < 1.29 is 9.18 Å². The molecule has 1 unspecified atom stereocenters. The van der Waals surface area contributed by atoms with Gasteiger partial charge in [0.1, 0.15) is 5.82 Å². The summed E-state index contributed by atoms with van der Waals surface area (Å²) in [5, 5.41) is 4.80. The highest BCUT2D eigenvalue weighted by Gasteiger charge is 2.21. The maximum Gasteiger partial charge on any atom is 0.282 e. The number of anilines is 1. The van der Waals surface area contributed by atoms with Gasteiger partial charge in [-0.1, -0.05) is 23.9 Å². The fourth-order valence-corrected chi connectivity index (χ4v) is 4.31. The van der Waals surface area contributed by atoms with Crippen molar-refractivity contribution in [2.75, 3.05) is 5.32 Å². The van der Waals surface area contributed by atoms with Gasteiger partial charge in [-0.15, -0.1) is 11.3 Å². The Labute approximate surface area is 184 Å². The lowest BCUT2D eigenvalue weighted by Crippen LogP contribution is -2.28. The standard InChI is InChI=1S/C20H17FN6O2S2/c1-12(17(28)26-19-24-8-10-30-19)31-20-25-16-15(22-6-7-23-16)18(29)27(20)9-5-13-3-2-4-14(21)11-13/h2-4,6-8,10-12H,5,9H2,1H3,(H,24,26,28). The third kappa shape index (κ3) is 4.94. The number of rotatable bonds is 7. The number of amides is 1. The maximum absolute atomic E-state index is 13.5. The zero-order valence-corrected chi connectivity index (χ0v) is 18.0. The first-order valence-electron chi connectivity index (χ1n) is 9.34. The summed E-state index contributed by atoms with van der Waals surface area (Å²) in [6.07, 6.45) is 4.90. The molecule has 0 aliphatic carbocycles. The minimum absolute atomic E-state index is 0.144. The molecule has 11 heteroatoms. The Morgan fingerprint density at radius 2 is 2.10 bits per heavy atom. The molecule has 0 aliphatic heterocycles. The van der Waals surface area contributed by atoms with Crippen molar-refractivity contribution in [1.29, 1.82) is 0 Å². The second-order valence-corrected chi connectivity index (χ2v) is 8.75. The Kier molecular flexibility index (Phi) is 6.33. The molecule has 1 N–H and O–H groups in total. The highest BCUT2D eigenvalue weighted by atomic mass is 32.2. The van der Waals surface area contributed by atoms with Gasteiger partial charge in [-0.25, -0.2) is 24.3 Å². The summed E-state index contributed by atoms with van der Waals surface area (Å²) in [6.45, 7) is 1.97. The van der Waals surface area contributed by atoms with E-state index in [1.165, 1.54) is 40.4 Å². The zero-order valence-electron chi connectivity index (χ0n) is 16.4. The number of hydrogen-bond acceptors (Lipinski definition) is 8. The molecular formula is C20H17FN6O2S2. The van der Waals surface area contributed by atoms with Crippen LogP contribution >= 0.6 is 23.1 Å². The van der Waals surface area contributed by atoms with E-state index in [-0.39, 0.29) is 35.0 Å². The SMILES string of the molecule is CC(Sc1nc2nccnc2c(=O)n1CCc1cccc(F)c1)C(=O)Nc1nccs1. The fraction of sp³-hybridized carbons (Fsp3) is 0.200. The number of nitrogens with zero attached hydrogens (tertiary/aromatic N) is 5. The molecule has 1 amide bonds. The van der Waals surface area contributed by atoms with E-state index in [2.05, 4.69) is 25.3 Å². The lowest BCUT2D eigenvalue weighted by atomic mass is 10.1. The molecule has 1 atom stereocenters. The zero-order chi connectivity index (χ0) is 21.8. The van der Waals surface area contributed by atoms with Crippen LogP contribution in [0.4, 0.5) is 9.52 Å². The quantitative estimate of drug-likeness (QED) is 0.337. The van der Waals surface area contributed by atoms with Crippen LogP contribution in [0.25, 0.3) is 11.2 Å². The molecular weight excluding hydrogens is 439 g/mol. The van der Waals surface area contributed by atoms with Crippen molar-refractivity contribution >= 4 is 45.3 Å². The minimum Gasteiger partial charge on any atom is -0.301 e. The molecule has 3 aromatic heterocycles. The number of nitrogens with one attached hydrogen (secondary N) is 1. The van der Waals surface area contributed by atoms with Crippen molar-refractivity contribution in [3.8, 4) is 0 Å². The smallest absolute Gasteiger partial charge is 0.282 e. The van der Waals surface area contributed by atoms with E-state index in [4.69, 9.17) is 0 Å². The summed E-state index contributed by atoms with van der Waals surface area (Å²) in [6, 6.07) is 6.21. The van der Waals surface area contributed by atoms with Crippen molar-refractivity contribution in [2.24, 2.45) is 0 Å².